The van der Waals surface area contributed by atoms with Gasteiger partial charge < -0.3 is 0 Å². The molecule has 0 aromatic carbocycles. The number of hydrogen-bond acceptors (Lipinski definition) is 8. The first kappa shape index (κ1) is 10.2. The Morgan fingerprint density at radius 3 is 2.64 bits per heavy atom. The van der Waals surface area contributed by atoms with Gasteiger partial charge in [-0.2, -0.15) is 5.53 Å². The third-order valence-electron chi connectivity index (χ3n) is 0.352. The van der Waals surface area contributed by atoms with Gasteiger partial charge in [-0.05, 0) is 25.5 Å². The van der Waals surface area contributed by atoms with E-state index in [1.54, 1.807) is 0 Å². The van der Waals surface area contributed by atoms with Gasteiger partial charge in [0, 0.05) is 18.1 Å². The monoisotopic (exact) mass is 185 g/mol. The van der Waals surface area contributed by atoms with Gasteiger partial charge in [-0.25, -0.2) is 5.26 Å². The minimum atomic E-state index is 0.0467. The summed E-state index contributed by atoms with van der Waals surface area (Å²) in [5, 5.41) is 18.7. The molecule has 0 radical (unpaired) electrons. The molecule has 11 heavy (non-hydrogen) atoms. The van der Waals surface area contributed by atoms with E-state index in [0.717, 1.165) is 0 Å². The third-order valence-corrected chi connectivity index (χ3v) is 0.419. The molecule has 0 heterocycles. The number of nitrogens with zero attached hydrogens (tertiary/aromatic N) is 4. The van der Waals surface area contributed by atoms with Gasteiger partial charge >= 0.3 is 0 Å². The fourth-order valence-electron chi connectivity index (χ4n) is 0.152. The fraction of sp³-hybridized carbons (Fsp3) is 0. The normalized spacial score (nSPS) is 10.4. The van der Waals surface area contributed by atoms with Crippen LogP contribution in [0.2, 0.25) is 0 Å². The van der Waals surface area contributed by atoms with Crippen molar-refractivity contribution in [2.45, 2.75) is 0 Å². The van der Waals surface area contributed by atoms with Crippen molar-refractivity contribution in [3.8, 4) is 0 Å². The molecular formula is H3N5O5S. The highest BCUT2D eigenvalue weighted by atomic mass is 32.1. The highest BCUT2D eigenvalue weighted by Crippen LogP contribution is 1.97. The Morgan fingerprint density at radius 2 is 2.18 bits per heavy atom. The molecule has 11 heteroatoms. The lowest BCUT2D eigenvalue weighted by Crippen LogP contribution is -2.16. The van der Waals surface area contributed by atoms with Crippen molar-refractivity contribution in [3.05, 3.63) is 0 Å². The molecular weight excluding hydrogens is 182 g/mol. The van der Waals surface area contributed by atoms with Gasteiger partial charge in [0.2, 0.25) is 0 Å². The summed E-state index contributed by atoms with van der Waals surface area (Å²) in [6, 6.07) is 0. The minimum Gasteiger partial charge on any atom is -0.219 e. The zero-order valence-corrected chi connectivity index (χ0v) is 5.71. The van der Waals surface area contributed by atoms with Crippen molar-refractivity contribution in [2.75, 3.05) is 0 Å². The van der Waals surface area contributed by atoms with E-state index in [1.807, 2.05) is 0 Å². The molecule has 0 aliphatic carbocycles. The van der Waals surface area contributed by atoms with Crippen LogP contribution in [-0.2, 0) is 19.3 Å². The predicted molar refractivity (Wildman–Crippen MR) is 27.8 cm³/mol. The molecule has 0 unspecified atom stereocenters. The van der Waals surface area contributed by atoms with Crippen LogP contribution in [0.1, 0.15) is 0 Å². The van der Waals surface area contributed by atoms with E-state index in [4.69, 9.17) is 10.8 Å². The van der Waals surface area contributed by atoms with Crippen LogP contribution in [0.3, 0.4) is 0 Å². The SMILES string of the molecule is N=NN=NN(OOO)OOS. The lowest BCUT2D eigenvalue weighted by molar-refractivity contribution is -0.653. The second kappa shape index (κ2) is 7.26. The van der Waals surface area contributed by atoms with Crippen LogP contribution >= 0.6 is 12.9 Å². The summed E-state index contributed by atoms with van der Waals surface area (Å²) in [6.07, 6.45) is 0. The van der Waals surface area contributed by atoms with E-state index >= 15 is 0 Å². The standard InChI is InChI=1S/H3N5O5S/c1-2-3-4-5(7-9-6)8-10-11/h1,6,11H. The molecule has 0 atom stereocenters. The zero-order chi connectivity index (χ0) is 8.53. The van der Waals surface area contributed by atoms with E-state index in [2.05, 4.69) is 47.9 Å². The molecule has 0 aliphatic rings. The Kier molecular flexibility index (Phi) is 6.70. The third kappa shape index (κ3) is 5.59. The van der Waals surface area contributed by atoms with Crippen LogP contribution in [0, 0.1) is 5.53 Å². The summed E-state index contributed by atoms with van der Waals surface area (Å²) in [5.74, 6) is 0. The Hall–Kier alpha value is -0.850. The number of hydrogen-bond donors (Lipinski definition) is 3. The van der Waals surface area contributed by atoms with E-state index < -0.39 is 0 Å². The molecule has 2 N–H and O–H groups in total. The molecule has 0 spiro atoms. The van der Waals surface area contributed by atoms with E-state index in [-0.39, 0.29) is 5.34 Å². The maximum Gasteiger partial charge on any atom is 0.0541 e. The van der Waals surface area contributed by atoms with Crippen molar-refractivity contribution in [2.24, 2.45) is 15.7 Å². The van der Waals surface area contributed by atoms with Crippen LogP contribution in [-0.4, -0.2) is 10.6 Å². The molecule has 10 nitrogen and oxygen atoms in total. The van der Waals surface area contributed by atoms with Gasteiger partial charge in [0.1, 0.15) is 0 Å². The number of thiol groups is 1. The van der Waals surface area contributed by atoms with Crippen molar-refractivity contribution in [1.82, 2.24) is 5.34 Å². The molecule has 0 aliphatic heterocycles. The average molecular weight is 185 g/mol. The maximum atomic E-state index is 7.66. The fourth-order valence-corrected chi connectivity index (χ4v) is 0.209. The summed E-state index contributed by atoms with van der Waals surface area (Å²) in [6.45, 7) is 0. The Labute approximate surface area is 65.1 Å². The highest BCUT2D eigenvalue weighted by molar-refractivity contribution is 7.74. The maximum absolute atomic E-state index is 7.66. The highest BCUT2D eigenvalue weighted by Gasteiger charge is 2.03. The topological polar surface area (TPSA) is 121 Å². The zero-order valence-electron chi connectivity index (χ0n) is 4.82. The van der Waals surface area contributed by atoms with Crippen LogP contribution < -0.4 is 0 Å². The quantitative estimate of drug-likeness (QED) is 0.183. The molecule has 0 aromatic rings. The molecule has 0 aromatic heterocycles. The van der Waals surface area contributed by atoms with Crippen molar-refractivity contribution >= 4 is 12.9 Å². The first-order chi connectivity index (χ1) is 5.35. The molecule has 0 saturated carbocycles. The predicted octanol–water partition coefficient (Wildman–Crippen LogP) is 0.646. The first-order valence-corrected chi connectivity index (χ1v) is 2.25. The lowest BCUT2D eigenvalue weighted by Gasteiger charge is -2.05. The summed E-state index contributed by atoms with van der Waals surface area (Å²) in [5.41, 5.74) is 6.12. The van der Waals surface area contributed by atoms with Crippen LogP contribution in [0.5, 0.6) is 0 Å². The number of nitrogens with one attached hydrogen (secondary N) is 1. The van der Waals surface area contributed by atoms with Crippen LogP contribution in [0.4, 0.5) is 0 Å². The van der Waals surface area contributed by atoms with Gasteiger partial charge in [0.05, 0.1) is 5.34 Å². The molecule has 0 saturated heterocycles. The summed E-state index contributed by atoms with van der Waals surface area (Å²) < 4.78 is 3.70. The van der Waals surface area contributed by atoms with Crippen molar-refractivity contribution in [3.63, 3.8) is 0 Å². The Bertz CT molecular complexity index is 120. The molecule has 0 fully saturated rings. The molecule has 0 bridgehead atoms. The first-order valence-electron chi connectivity index (χ1n) is 1.89. The second-order valence-corrected chi connectivity index (χ2v) is 0.964. The van der Waals surface area contributed by atoms with Crippen LogP contribution in [0.15, 0.2) is 15.7 Å². The molecule has 0 rings (SSSR count). The minimum absolute atomic E-state index is 0.0467. The summed E-state index contributed by atoms with van der Waals surface area (Å²) >= 11 is 3.11. The summed E-state index contributed by atoms with van der Waals surface area (Å²) in [7, 11) is 0. The van der Waals surface area contributed by atoms with Gasteiger partial charge in [0.25, 0.3) is 0 Å². The van der Waals surface area contributed by atoms with Gasteiger partial charge in [-0.1, -0.05) is 0 Å². The molecule has 0 amide bonds. The van der Waals surface area contributed by atoms with Gasteiger partial charge in [0.15, 0.2) is 0 Å². The molecule has 64 valence electrons. The summed E-state index contributed by atoms with van der Waals surface area (Å²) in [4.78, 5) is 7.54. The Morgan fingerprint density at radius 1 is 1.45 bits per heavy atom. The van der Waals surface area contributed by atoms with Crippen LogP contribution in [0.25, 0.3) is 0 Å². The van der Waals surface area contributed by atoms with E-state index in [0.29, 0.717) is 0 Å². The Balaban J connectivity index is 3.67. The second-order valence-electron chi connectivity index (χ2n) is 0.815. The van der Waals surface area contributed by atoms with Gasteiger partial charge in [-0.3, -0.25) is 0 Å². The largest absolute Gasteiger partial charge is 0.219 e. The van der Waals surface area contributed by atoms with Gasteiger partial charge in [-0.15, -0.1) is 4.33 Å². The smallest absolute Gasteiger partial charge is 0.0541 e. The van der Waals surface area contributed by atoms with E-state index in [1.165, 1.54) is 0 Å². The average Bonchev–Trinajstić information content (AvgIpc) is 2.01. The number of rotatable bonds is 6. The lowest BCUT2D eigenvalue weighted by atomic mass is 12.4. The van der Waals surface area contributed by atoms with Crippen molar-refractivity contribution in [1.29, 1.82) is 5.53 Å². The van der Waals surface area contributed by atoms with E-state index in [9.17, 15) is 0 Å². The van der Waals surface area contributed by atoms with Crippen molar-refractivity contribution < 1.29 is 24.6 Å².